The molecule has 2 heterocycles. The Morgan fingerprint density at radius 3 is 3.00 bits per heavy atom. The molecule has 0 spiro atoms. The molecule has 0 saturated carbocycles. The van der Waals surface area contributed by atoms with Crippen LogP contribution in [0.15, 0.2) is 30.3 Å². The number of pyridine rings is 1. The number of benzene rings is 1. The van der Waals surface area contributed by atoms with E-state index in [9.17, 15) is 0 Å². The Labute approximate surface area is 125 Å². The van der Waals surface area contributed by atoms with Crippen molar-refractivity contribution in [2.75, 3.05) is 31.7 Å². The van der Waals surface area contributed by atoms with Crippen molar-refractivity contribution in [1.29, 1.82) is 0 Å². The molecule has 2 N–H and O–H groups in total. The largest absolute Gasteiger partial charge is 0.381 e. The van der Waals surface area contributed by atoms with Gasteiger partial charge in [0.15, 0.2) is 0 Å². The maximum Gasteiger partial charge on any atom is 0.136 e. The van der Waals surface area contributed by atoms with E-state index in [0.29, 0.717) is 12.5 Å². The van der Waals surface area contributed by atoms with Crippen molar-refractivity contribution < 1.29 is 4.74 Å². The zero-order valence-corrected chi connectivity index (χ0v) is 12.6. The first kappa shape index (κ1) is 14.3. The van der Waals surface area contributed by atoms with Crippen LogP contribution in [0.25, 0.3) is 10.8 Å². The van der Waals surface area contributed by atoms with Crippen LogP contribution in [0.5, 0.6) is 0 Å². The Morgan fingerprint density at radius 1 is 1.38 bits per heavy atom. The Bertz CT molecular complexity index is 608. The smallest absolute Gasteiger partial charge is 0.136 e. The van der Waals surface area contributed by atoms with Gasteiger partial charge in [0.25, 0.3) is 0 Å². The second-order valence-electron chi connectivity index (χ2n) is 5.83. The normalized spacial score (nSPS) is 18.9. The molecule has 112 valence electrons. The van der Waals surface area contributed by atoms with Crippen LogP contribution in [-0.2, 0) is 11.3 Å². The maximum atomic E-state index is 5.79. The lowest BCUT2D eigenvalue weighted by molar-refractivity contribution is 0.0576. The minimum Gasteiger partial charge on any atom is -0.381 e. The van der Waals surface area contributed by atoms with Crippen LogP contribution in [0.2, 0.25) is 0 Å². The number of ether oxygens (including phenoxy) is 1. The van der Waals surface area contributed by atoms with E-state index in [2.05, 4.69) is 42.3 Å². The molecule has 1 aromatic carbocycles. The van der Waals surface area contributed by atoms with Crippen LogP contribution >= 0.6 is 0 Å². The zero-order chi connectivity index (χ0) is 14.7. The number of fused-ring (bicyclic) bond motifs is 1. The summed E-state index contributed by atoms with van der Waals surface area (Å²) in [7, 11) is 2.11. The van der Waals surface area contributed by atoms with E-state index in [-0.39, 0.29) is 0 Å². The van der Waals surface area contributed by atoms with Crippen molar-refractivity contribution in [2.45, 2.75) is 19.4 Å². The number of hydrogen-bond acceptors (Lipinski definition) is 4. The molecule has 0 radical (unpaired) electrons. The van der Waals surface area contributed by atoms with Crippen LogP contribution in [0, 0.1) is 5.92 Å². The minimum absolute atomic E-state index is 0.470. The van der Waals surface area contributed by atoms with E-state index in [1.165, 1.54) is 17.2 Å². The van der Waals surface area contributed by atoms with Crippen LogP contribution in [0.3, 0.4) is 0 Å². The van der Waals surface area contributed by atoms with Gasteiger partial charge in [-0.05, 0) is 30.2 Å². The second-order valence-corrected chi connectivity index (χ2v) is 5.83. The van der Waals surface area contributed by atoms with Gasteiger partial charge >= 0.3 is 0 Å². The van der Waals surface area contributed by atoms with Gasteiger partial charge in [-0.3, -0.25) is 0 Å². The van der Waals surface area contributed by atoms with Crippen molar-refractivity contribution in [3.63, 3.8) is 0 Å². The molecule has 1 aliphatic rings. The van der Waals surface area contributed by atoms with Gasteiger partial charge in [0, 0.05) is 32.1 Å². The lowest BCUT2D eigenvalue weighted by atomic mass is 10.0. The highest BCUT2D eigenvalue weighted by molar-refractivity contribution is 5.92. The predicted molar refractivity (Wildman–Crippen MR) is 86.4 cm³/mol. The van der Waals surface area contributed by atoms with Gasteiger partial charge in [0.2, 0.25) is 0 Å². The summed E-state index contributed by atoms with van der Waals surface area (Å²) >= 11 is 0. The molecule has 4 nitrogen and oxygen atoms in total. The Kier molecular flexibility index (Phi) is 4.36. The SMILES string of the molecule is CN(CC1CCCOC1)c1nc(CN)cc2ccccc12. The first-order valence-corrected chi connectivity index (χ1v) is 7.65. The van der Waals surface area contributed by atoms with E-state index in [1.807, 2.05) is 0 Å². The van der Waals surface area contributed by atoms with Crippen LogP contribution in [-0.4, -0.2) is 31.8 Å². The molecule has 1 atom stereocenters. The van der Waals surface area contributed by atoms with Crippen molar-refractivity contribution in [2.24, 2.45) is 11.7 Å². The summed E-state index contributed by atoms with van der Waals surface area (Å²) in [5.41, 5.74) is 6.73. The summed E-state index contributed by atoms with van der Waals surface area (Å²) in [5.74, 6) is 1.62. The Hall–Kier alpha value is -1.65. The summed E-state index contributed by atoms with van der Waals surface area (Å²) in [6.45, 7) is 3.21. The second kappa shape index (κ2) is 6.41. The average molecular weight is 285 g/mol. The average Bonchev–Trinajstić information content (AvgIpc) is 2.54. The predicted octanol–water partition coefficient (Wildman–Crippen LogP) is 2.56. The van der Waals surface area contributed by atoms with Crippen molar-refractivity contribution in [1.82, 2.24) is 4.98 Å². The maximum absolute atomic E-state index is 5.79. The number of hydrogen-bond donors (Lipinski definition) is 1. The fourth-order valence-corrected chi connectivity index (χ4v) is 3.06. The summed E-state index contributed by atoms with van der Waals surface area (Å²) in [5, 5.41) is 2.39. The molecule has 1 saturated heterocycles. The van der Waals surface area contributed by atoms with E-state index >= 15 is 0 Å². The third kappa shape index (κ3) is 3.17. The molecule has 0 bridgehead atoms. The summed E-state index contributed by atoms with van der Waals surface area (Å²) in [6.07, 6.45) is 2.40. The zero-order valence-electron chi connectivity index (χ0n) is 12.6. The van der Waals surface area contributed by atoms with Crippen LogP contribution in [0.1, 0.15) is 18.5 Å². The fraction of sp³-hybridized carbons (Fsp3) is 0.471. The van der Waals surface area contributed by atoms with Gasteiger partial charge in [0.1, 0.15) is 5.82 Å². The van der Waals surface area contributed by atoms with Gasteiger partial charge in [-0.2, -0.15) is 0 Å². The molecular weight excluding hydrogens is 262 g/mol. The number of aromatic nitrogens is 1. The molecule has 0 aliphatic carbocycles. The first-order chi connectivity index (χ1) is 10.3. The van der Waals surface area contributed by atoms with Crippen LogP contribution < -0.4 is 10.6 Å². The van der Waals surface area contributed by atoms with E-state index in [4.69, 9.17) is 15.5 Å². The molecular formula is C17H23N3O. The standard InChI is InChI=1S/C17H23N3O/c1-20(11-13-5-4-8-21-12-13)17-16-7-3-2-6-14(16)9-15(10-18)19-17/h2-3,6-7,9,13H,4-5,8,10-12,18H2,1H3. The molecule has 1 fully saturated rings. The van der Waals surface area contributed by atoms with Gasteiger partial charge in [-0.25, -0.2) is 4.98 Å². The summed E-state index contributed by atoms with van der Waals surface area (Å²) < 4.78 is 5.58. The monoisotopic (exact) mass is 285 g/mol. The van der Waals surface area contributed by atoms with Gasteiger partial charge in [-0.1, -0.05) is 24.3 Å². The van der Waals surface area contributed by atoms with Crippen molar-refractivity contribution in [3.05, 3.63) is 36.0 Å². The lowest BCUT2D eigenvalue weighted by Crippen LogP contribution is -2.31. The molecule has 3 rings (SSSR count). The number of nitrogens with two attached hydrogens (primary N) is 1. The molecule has 4 heteroatoms. The Balaban J connectivity index is 1.90. The third-order valence-corrected chi connectivity index (χ3v) is 4.13. The molecule has 1 aliphatic heterocycles. The molecule has 2 aromatic rings. The topological polar surface area (TPSA) is 51.4 Å². The van der Waals surface area contributed by atoms with E-state index < -0.39 is 0 Å². The Morgan fingerprint density at radius 2 is 2.24 bits per heavy atom. The summed E-state index contributed by atoms with van der Waals surface area (Å²) in [6, 6.07) is 10.5. The highest BCUT2D eigenvalue weighted by Gasteiger charge is 2.18. The van der Waals surface area contributed by atoms with Gasteiger partial charge < -0.3 is 15.4 Å². The highest BCUT2D eigenvalue weighted by atomic mass is 16.5. The molecule has 1 aromatic heterocycles. The minimum atomic E-state index is 0.470. The quantitative estimate of drug-likeness (QED) is 0.938. The van der Waals surface area contributed by atoms with E-state index in [1.54, 1.807) is 0 Å². The first-order valence-electron chi connectivity index (χ1n) is 7.65. The molecule has 0 amide bonds. The fourth-order valence-electron chi connectivity index (χ4n) is 3.06. The van der Waals surface area contributed by atoms with Crippen LogP contribution in [0.4, 0.5) is 5.82 Å². The van der Waals surface area contributed by atoms with Crippen molar-refractivity contribution in [3.8, 4) is 0 Å². The van der Waals surface area contributed by atoms with Gasteiger partial charge in [0.05, 0.1) is 12.3 Å². The van der Waals surface area contributed by atoms with Gasteiger partial charge in [-0.15, -0.1) is 0 Å². The molecule has 21 heavy (non-hydrogen) atoms. The summed E-state index contributed by atoms with van der Waals surface area (Å²) in [4.78, 5) is 7.00. The number of rotatable bonds is 4. The number of anilines is 1. The third-order valence-electron chi connectivity index (χ3n) is 4.13. The lowest BCUT2D eigenvalue weighted by Gasteiger charge is -2.28. The molecule has 1 unspecified atom stereocenters. The highest BCUT2D eigenvalue weighted by Crippen LogP contribution is 2.26. The number of nitrogens with zero attached hydrogens (tertiary/aromatic N) is 2. The van der Waals surface area contributed by atoms with Crippen molar-refractivity contribution >= 4 is 16.6 Å². The van der Waals surface area contributed by atoms with E-state index in [0.717, 1.165) is 37.7 Å².